The van der Waals surface area contributed by atoms with Crippen LogP contribution in [0.15, 0.2) is 15.6 Å². The van der Waals surface area contributed by atoms with Crippen molar-refractivity contribution in [1.29, 1.82) is 0 Å². The fourth-order valence-electron chi connectivity index (χ4n) is 0.550. The molecule has 0 aliphatic heterocycles. The second kappa shape index (κ2) is 2.47. The summed E-state index contributed by atoms with van der Waals surface area (Å²) in [7, 11) is 0. The van der Waals surface area contributed by atoms with E-state index in [0.717, 1.165) is 11.1 Å². The van der Waals surface area contributed by atoms with Crippen LogP contribution in [0.1, 0.15) is 6.92 Å². The van der Waals surface area contributed by atoms with Gasteiger partial charge < -0.3 is 4.42 Å². The van der Waals surface area contributed by atoms with Crippen molar-refractivity contribution < 1.29 is 9.21 Å². The van der Waals surface area contributed by atoms with Crippen molar-refractivity contribution in [3.63, 3.8) is 0 Å². The first-order valence-corrected chi connectivity index (χ1v) is 2.70. The first kappa shape index (κ1) is 6.73. The van der Waals surface area contributed by atoms with Crippen LogP contribution in [0.3, 0.4) is 0 Å². The van der Waals surface area contributed by atoms with Gasteiger partial charge in [0.1, 0.15) is 6.54 Å². The maximum atomic E-state index is 10.5. The van der Waals surface area contributed by atoms with Gasteiger partial charge in [-0.05, 0) is 6.92 Å². The molecular formula is C5H6N2O3. The van der Waals surface area contributed by atoms with Crippen LogP contribution in [0, 0.1) is 0 Å². The average Bonchev–Trinajstić information content (AvgIpc) is 2.15. The average molecular weight is 142 g/mol. The Morgan fingerprint density at radius 2 is 2.60 bits per heavy atom. The van der Waals surface area contributed by atoms with Crippen molar-refractivity contribution >= 4 is 5.78 Å². The summed E-state index contributed by atoms with van der Waals surface area (Å²) < 4.78 is 5.27. The predicted molar refractivity (Wildman–Crippen MR) is 31.4 cm³/mol. The van der Waals surface area contributed by atoms with Gasteiger partial charge in [-0.25, -0.2) is 4.79 Å². The fraction of sp³-hybridized carbons (Fsp3) is 0.400. The first-order chi connectivity index (χ1) is 4.70. The summed E-state index contributed by atoms with van der Waals surface area (Å²) in [6.07, 6.45) is 1.01. The second-order valence-corrected chi connectivity index (χ2v) is 1.86. The second-order valence-electron chi connectivity index (χ2n) is 1.86. The van der Waals surface area contributed by atoms with Gasteiger partial charge in [-0.15, -0.1) is 5.10 Å². The number of carbonyl (C=O) groups excluding carboxylic acids is 1. The Morgan fingerprint density at radius 3 is 3.00 bits per heavy atom. The highest BCUT2D eigenvalue weighted by atomic mass is 16.4. The molecule has 1 aromatic heterocycles. The van der Waals surface area contributed by atoms with Gasteiger partial charge in [-0.2, -0.15) is 4.68 Å². The molecule has 0 saturated carbocycles. The Hall–Kier alpha value is -1.39. The highest BCUT2D eigenvalue weighted by molar-refractivity contribution is 5.75. The molecule has 0 fully saturated rings. The summed E-state index contributed by atoms with van der Waals surface area (Å²) in [6, 6.07) is 0. The molecule has 1 aromatic rings. The quantitative estimate of drug-likeness (QED) is 0.554. The molecule has 0 N–H and O–H groups in total. The van der Waals surface area contributed by atoms with Crippen LogP contribution >= 0.6 is 0 Å². The normalized spacial score (nSPS) is 9.70. The SMILES string of the molecule is CC(=O)Cn1ncoc1=O. The van der Waals surface area contributed by atoms with Crippen molar-refractivity contribution in [2.45, 2.75) is 13.5 Å². The van der Waals surface area contributed by atoms with E-state index in [-0.39, 0.29) is 12.3 Å². The minimum atomic E-state index is -0.602. The molecule has 5 heteroatoms. The van der Waals surface area contributed by atoms with Gasteiger partial charge in [0.05, 0.1) is 0 Å². The number of hydrogen-bond acceptors (Lipinski definition) is 4. The van der Waals surface area contributed by atoms with Crippen LogP contribution in [0.5, 0.6) is 0 Å². The zero-order valence-electron chi connectivity index (χ0n) is 5.40. The Kier molecular flexibility index (Phi) is 1.66. The number of aromatic nitrogens is 2. The van der Waals surface area contributed by atoms with Crippen LogP contribution in [0.4, 0.5) is 0 Å². The van der Waals surface area contributed by atoms with Crippen molar-refractivity contribution in [2.75, 3.05) is 0 Å². The third-order valence-corrected chi connectivity index (χ3v) is 0.923. The summed E-state index contributed by atoms with van der Waals surface area (Å²) in [6.45, 7) is 1.36. The molecule has 1 heterocycles. The van der Waals surface area contributed by atoms with Gasteiger partial charge in [-0.3, -0.25) is 4.79 Å². The lowest BCUT2D eigenvalue weighted by Crippen LogP contribution is -2.19. The third-order valence-electron chi connectivity index (χ3n) is 0.923. The number of ketones is 1. The molecular weight excluding hydrogens is 136 g/mol. The highest BCUT2D eigenvalue weighted by Gasteiger charge is 2.00. The van der Waals surface area contributed by atoms with Crippen molar-refractivity contribution in [3.8, 4) is 0 Å². The zero-order valence-corrected chi connectivity index (χ0v) is 5.40. The van der Waals surface area contributed by atoms with Crippen LogP contribution in [0.2, 0.25) is 0 Å². The standard InChI is InChI=1S/C5H6N2O3/c1-4(8)2-7-5(9)10-3-6-7/h3H,2H2,1H3. The molecule has 0 unspecified atom stereocenters. The summed E-state index contributed by atoms with van der Waals surface area (Å²) in [5, 5.41) is 3.47. The van der Waals surface area contributed by atoms with E-state index in [1.807, 2.05) is 0 Å². The van der Waals surface area contributed by atoms with Crippen LogP contribution in [-0.2, 0) is 11.3 Å². The molecule has 0 amide bonds. The Labute approximate surface area is 56.3 Å². The van der Waals surface area contributed by atoms with Crippen molar-refractivity contribution in [3.05, 3.63) is 16.9 Å². The number of carbonyl (C=O) groups is 1. The predicted octanol–water partition coefficient (Wildman–Crippen LogP) is -0.575. The van der Waals surface area contributed by atoms with Gasteiger partial charge in [0.2, 0.25) is 6.39 Å². The number of rotatable bonds is 2. The lowest BCUT2D eigenvalue weighted by molar-refractivity contribution is -0.117. The summed E-state index contributed by atoms with van der Waals surface area (Å²) in [4.78, 5) is 21.0. The van der Waals surface area contributed by atoms with E-state index in [1.54, 1.807) is 0 Å². The Bertz CT molecular complexity index is 285. The van der Waals surface area contributed by atoms with Gasteiger partial charge >= 0.3 is 5.76 Å². The molecule has 0 atom stereocenters. The topological polar surface area (TPSA) is 65.1 Å². The van der Waals surface area contributed by atoms with E-state index in [4.69, 9.17) is 0 Å². The smallest absolute Gasteiger partial charge is 0.395 e. The highest BCUT2D eigenvalue weighted by Crippen LogP contribution is 1.76. The summed E-state index contributed by atoms with van der Waals surface area (Å²) in [5.74, 6) is -0.730. The number of hydrogen-bond donors (Lipinski definition) is 0. The number of nitrogens with zero attached hydrogens (tertiary/aromatic N) is 2. The van der Waals surface area contributed by atoms with Crippen molar-refractivity contribution in [1.82, 2.24) is 9.78 Å². The minimum absolute atomic E-state index is 0.0185. The maximum Gasteiger partial charge on any atom is 0.437 e. The molecule has 10 heavy (non-hydrogen) atoms. The summed E-state index contributed by atoms with van der Waals surface area (Å²) >= 11 is 0. The maximum absolute atomic E-state index is 10.5. The molecule has 0 aliphatic carbocycles. The van der Waals surface area contributed by atoms with E-state index in [0.29, 0.717) is 0 Å². The molecule has 0 aliphatic rings. The van der Waals surface area contributed by atoms with E-state index in [9.17, 15) is 9.59 Å². The molecule has 1 rings (SSSR count). The molecule has 0 radical (unpaired) electrons. The lowest BCUT2D eigenvalue weighted by Gasteiger charge is -1.88. The molecule has 54 valence electrons. The number of Topliss-reactive ketones (excluding diaryl/α,β-unsaturated/α-hetero) is 1. The van der Waals surface area contributed by atoms with E-state index in [2.05, 4.69) is 9.52 Å². The van der Waals surface area contributed by atoms with E-state index < -0.39 is 5.76 Å². The molecule has 5 nitrogen and oxygen atoms in total. The van der Waals surface area contributed by atoms with Gasteiger partial charge in [-0.1, -0.05) is 0 Å². The monoisotopic (exact) mass is 142 g/mol. The van der Waals surface area contributed by atoms with Crippen LogP contribution < -0.4 is 5.76 Å². The van der Waals surface area contributed by atoms with Gasteiger partial charge in [0, 0.05) is 0 Å². The Morgan fingerprint density at radius 1 is 1.90 bits per heavy atom. The van der Waals surface area contributed by atoms with E-state index in [1.165, 1.54) is 6.92 Å². The van der Waals surface area contributed by atoms with Crippen LogP contribution in [0.25, 0.3) is 0 Å². The van der Waals surface area contributed by atoms with E-state index >= 15 is 0 Å². The Balaban J connectivity index is 2.85. The fourth-order valence-corrected chi connectivity index (χ4v) is 0.550. The third kappa shape index (κ3) is 1.31. The van der Waals surface area contributed by atoms with Crippen LogP contribution in [-0.4, -0.2) is 15.6 Å². The molecule has 0 saturated heterocycles. The first-order valence-electron chi connectivity index (χ1n) is 2.70. The zero-order chi connectivity index (χ0) is 7.56. The lowest BCUT2D eigenvalue weighted by atomic mass is 10.5. The summed E-state index contributed by atoms with van der Waals surface area (Å²) in [5.41, 5.74) is 0. The minimum Gasteiger partial charge on any atom is -0.395 e. The van der Waals surface area contributed by atoms with Gasteiger partial charge in [0.25, 0.3) is 0 Å². The van der Waals surface area contributed by atoms with Gasteiger partial charge in [0.15, 0.2) is 5.78 Å². The molecule has 0 spiro atoms. The molecule has 0 bridgehead atoms. The largest absolute Gasteiger partial charge is 0.437 e. The van der Waals surface area contributed by atoms with Crippen molar-refractivity contribution in [2.24, 2.45) is 0 Å². The molecule has 0 aromatic carbocycles.